The Hall–Kier alpha value is -1.67. The topological polar surface area (TPSA) is 99.8 Å². The van der Waals surface area contributed by atoms with Crippen LogP contribution >= 0.6 is 15.9 Å². The lowest BCUT2D eigenvalue weighted by atomic mass is 10.0. The van der Waals surface area contributed by atoms with Gasteiger partial charge in [-0.2, -0.15) is 0 Å². The number of anilines is 1. The average molecular weight is 357 g/mol. The first-order valence-electron chi connectivity index (χ1n) is 6.60. The molecular formula is C13H17BrN4O3. The van der Waals surface area contributed by atoms with Crippen LogP contribution in [0.2, 0.25) is 0 Å². The molecule has 21 heavy (non-hydrogen) atoms. The molecule has 1 amide bonds. The molecule has 1 fully saturated rings. The molecule has 1 aromatic heterocycles. The number of nitrogens with two attached hydrogens (primary N) is 1. The summed E-state index contributed by atoms with van der Waals surface area (Å²) in [5, 5.41) is 9.16. The van der Waals surface area contributed by atoms with Crippen LogP contribution in [0, 0.1) is 0 Å². The van der Waals surface area contributed by atoms with Crippen molar-refractivity contribution in [2.24, 2.45) is 5.73 Å². The van der Waals surface area contributed by atoms with Crippen molar-refractivity contribution in [1.82, 2.24) is 9.88 Å². The number of pyridine rings is 1. The fraction of sp³-hybridized carbons (Fsp3) is 0.462. The predicted octanol–water partition coefficient (Wildman–Crippen LogP) is 1.28. The van der Waals surface area contributed by atoms with Gasteiger partial charge in [0.25, 0.3) is 0 Å². The molecule has 2 rings (SSSR count). The highest BCUT2D eigenvalue weighted by Gasteiger charge is 2.33. The largest absolute Gasteiger partial charge is 0.465 e. The summed E-state index contributed by atoms with van der Waals surface area (Å²) in [4.78, 5) is 29.2. The summed E-state index contributed by atoms with van der Waals surface area (Å²) >= 11 is 3.44. The molecule has 2 unspecified atom stereocenters. The molecule has 0 bridgehead atoms. The van der Waals surface area contributed by atoms with Crippen molar-refractivity contribution in [3.05, 3.63) is 22.8 Å². The van der Waals surface area contributed by atoms with Crippen molar-refractivity contribution >= 4 is 34.1 Å². The van der Waals surface area contributed by atoms with E-state index in [0.717, 1.165) is 15.2 Å². The minimum absolute atomic E-state index is 0.125. The van der Waals surface area contributed by atoms with Crippen molar-refractivity contribution in [2.75, 3.05) is 18.0 Å². The van der Waals surface area contributed by atoms with Gasteiger partial charge in [0.2, 0.25) is 0 Å². The number of rotatable bonds is 4. The number of halogens is 1. The van der Waals surface area contributed by atoms with Crippen LogP contribution in [-0.2, 0) is 4.79 Å². The Morgan fingerprint density at radius 2 is 2.43 bits per heavy atom. The molecule has 2 heterocycles. The first-order valence-corrected chi connectivity index (χ1v) is 7.39. The lowest BCUT2D eigenvalue weighted by Gasteiger charge is -2.41. The summed E-state index contributed by atoms with van der Waals surface area (Å²) in [5.74, 6) is 0.751. The van der Waals surface area contributed by atoms with E-state index in [4.69, 9.17) is 10.8 Å². The third kappa shape index (κ3) is 3.51. The lowest BCUT2D eigenvalue weighted by molar-refractivity contribution is -0.109. The second-order valence-electron chi connectivity index (χ2n) is 4.85. The zero-order valence-corrected chi connectivity index (χ0v) is 12.9. The van der Waals surface area contributed by atoms with E-state index in [0.29, 0.717) is 25.7 Å². The van der Waals surface area contributed by atoms with Crippen LogP contribution in [0.4, 0.5) is 10.6 Å². The molecule has 0 aromatic carbocycles. The van der Waals surface area contributed by atoms with Gasteiger partial charge in [-0.1, -0.05) is 0 Å². The van der Waals surface area contributed by atoms with Gasteiger partial charge >= 0.3 is 6.09 Å². The average Bonchev–Trinajstić information content (AvgIpc) is 2.45. The monoisotopic (exact) mass is 356 g/mol. The minimum Gasteiger partial charge on any atom is -0.465 e. The van der Waals surface area contributed by atoms with E-state index in [2.05, 4.69) is 20.9 Å². The zero-order valence-electron chi connectivity index (χ0n) is 11.4. The van der Waals surface area contributed by atoms with Gasteiger partial charge in [0, 0.05) is 25.2 Å². The Balaban J connectivity index is 2.10. The van der Waals surface area contributed by atoms with Crippen molar-refractivity contribution in [3.8, 4) is 0 Å². The number of nitrogens with zero attached hydrogens (tertiary/aromatic N) is 3. The number of aromatic nitrogens is 1. The minimum atomic E-state index is -1.09. The standard InChI is InChI=1S/C13H17BrN4O3/c14-10-2-1-4-16-12(10)18-5-3-9(8-11(18)15)17(6-7-19)13(20)21/h1-2,4,7,9,11H,3,5-6,8,15H2,(H,20,21). The van der Waals surface area contributed by atoms with Crippen molar-refractivity contribution in [2.45, 2.75) is 25.0 Å². The third-order valence-electron chi connectivity index (χ3n) is 3.59. The molecule has 1 saturated heterocycles. The Labute approximate surface area is 130 Å². The number of carbonyl (C=O) groups is 2. The first kappa shape index (κ1) is 15.7. The molecule has 7 nitrogen and oxygen atoms in total. The Morgan fingerprint density at radius 3 is 3.00 bits per heavy atom. The molecule has 114 valence electrons. The molecule has 2 atom stereocenters. The number of hydrogen-bond donors (Lipinski definition) is 2. The number of hydrogen-bond acceptors (Lipinski definition) is 5. The van der Waals surface area contributed by atoms with Crippen molar-refractivity contribution in [1.29, 1.82) is 0 Å². The predicted molar refractivity (Wildman–Crippen MR) is 81.1 cm³/mol. The smallest absolute Gasteiger partial charge is 0.407 e. The first-order chi connectivity index (χ1) is 10.0. The van der Waals surface area contributed by atoms with Crippen molar-refractivity contribution in [3.63, 3.8) is 0 Å². The molecule has 0 saturated carbocycles. The van der Waals surface area contributed by atoms with Gasteiger partial charge in [0.05, 0.1) is 17.2 Å². The SMILES string of the molecule is NC1CC(N(CC=O)C(=O)O)CCN1c1ncccc1Br. The highest BCUT2D eigenvalue weighted by molar-refractivity contribution is 9.10. The van der Waals surface area contributed by atoms with Crippen LogP contribution < -0.4 is 10.6 Å². The molecule has 1 aromatic rings. The van der Waals surface area contributed by atoms with Crippen LogP contribution in [-0.4, -0.2) is 52.7 Å². The number of carbonyl (C=O) groups excluding carboxylic acids is 1. The Kier molecular flexibility index (Phi) is 5.13. The summed E-state index contributed by atoms with van der Waals surface area (Å²) in [7, 11) is 0. The molecule has 8 heteroatoms. The summed E-state index contributed by atoms with van der Waals surface area (Å²) in [6.07, 6.45) is 1.92. The zero-order chi connectivity index (χ0) is 15.4. The van der Waals surface area contributed by atoms with Gasteiger partial charge in [-0.25, -0.2) is 9.78 Å². The Bertz CT molecular complexity index is 528. The fourth-order valence-electron chi connectivity index (χ4n) is 2.58. The highest BCUT2D eigenvalue weighted by atomic mass is 79.9. The maximum Gasteiger partial charge on any atom is 0.407 e. The molecule has 0 radical (unpaired) electrons. The van der Waals surface area contributed by atoms with Crippen LogP contribution in [0.25, 0.3) is 0 Å². The summed E-state index contributed by atoms with van der Waals surface area (Å²) < 4.78 is 0.849. The van der Waals surface area contributed by atoms with Crippen LogP contribution in [0.3, 0.4) is 0 Å². The molecule has 0 spiro atoms. The van der Waals surface area contributed by atoms with Gasteiger partial charge in [0.1, 0.15) is 12.1 Å². The van der Waals surface area contributed by atoms with Crippen LogP contribution in [0.5, 0.6) is 0 Å². The number of amides is 1. The van der Waals surface area contributed by atoms with Gasteiger partial charge in [-0.15, -0.1) is 0 Å². The quantitative estimate of drug-likeness (QED) is 0.788. The van der Waals surface area contributed by atoms with E-state index in [1.54, 1.807) is 6.20 Å². The molecular weight excluding hydrogens is 340 g/mol. The summed E-state index contributed by atoms with van der Waals surface area (Å²) in [6.45, 7) is 0.462. The lowest BCUT2D eigenvalue weighted by Crippen LogP contribution is -2.55. The summed E-state index contributed by atoms with van der Waals surface area (Å²) in [6, 6.07) is 3.46. The van der Waals surface area contributed by atoms with Gasteiger partial charge in [-0.05, 0) is 34.5 Å². The molecule has 1 aliphatic heterocycles. The molecule has 1 aliphatic rings. The van der Waals surface area contributed by atoms with Crippen molar-refractivity contribution < 1.29 is 14.7 Å². The Morgan fingerprint density at radius 1 is 1.67 bits per heavy atom. The molecule has 0 aliphatic carbocycles. The second kappa shape index (κ2) is 6.86. The maximum absolute atomic E-state index is 11.2. The number of piperidine rings is 1. The van der Waals surface area contributed by atoms with E-state index in [9.17, 15) is 9.59 Å². The van der Waals surface area contributed by atoms with Gasteiger partial charge < -0.3 is 20.5 Å². The third-order valence-corrected chi connectivity index (χ3v) is 4.20. The second-order valence-corrected chi connectivity index (χ2v) is 5.70. The maximum atomic E-state index is 11.2. The number of aldehydes is 1. The highest BCUT2D eigenvalue weighted by Crippen LogP contribution is 2.29. The van der Waals surface area contributed by atoms with E-state index < -0.39 is 6.09 Å². The van der Waals surface area contributed by atoms with E-state index in [1.165, 1.54) is 0 Å². The summed E-state index contributed by atoms with van der Waals surface area (Å²) in [5.41, 5.74) is 6.16. The normalized spacial score (nSPS) is 21.9. The molecule has 3 N–H and O–H groups in total. The number of carboxylic acid groups (broad SMARTS) is 1. The van der Waals surface area contributed by atoms with Crippen LogP contribution in [0.1, 0.15) is 12.8 Å². The van der Waals surface area contributed by atoms with E-state index in [1.807, 2.05) is 17.0 Å². The van der Waals surface area contributed by atoms with Gasteiger partial charge in [0.15, 0.2) is 0 Å². The van der Waals surface area contributed by atoms with Gasteiger partial charge in [-0.3, -0.25) is 4.90 Å². The van der Waals surface area contributed by atoms with E-state index >= 15 is 0 Å². The van der Waals surface area contributed by atoms with Crippen LogP contribution in [0.15, 0.2) is 22.8 Å². The fourth-order valence-corrected chi connectivity index (χ4v) is 3.06. The van der Waals surface area contributed by atoms with E-state index in [-0.39, 0.29) is 18.8 Å².